The molecule has 1 fully saturated rings. The number of carbonyl (C=O) groups excluding carboxylic acids is 2. The quantitative estimate of drug-likeness (QED) is 0.736. The number of morpholine rings is 1. The molecule has 6 heteroatoms. The summed E-state index contributed by atoms with van der Waals surface area (Å²) < 4.78 is 6.17. The zero-order valence-corrected chi connectivity index (χ0v) is 18.3. The number of hydrogen-bond acceptors (Lipinski definition) is 4. The molecule has 0 saturated carbocycles. The van der Waals surface area contributed by atoms with E-state index in [9.17, 15) is 9.59 Å². The Hall–Kier alpha value is -2.73. The second kappa shape index (κ2) is 9.39. The molecule has 0 bridgehead atoms. The highest BCUT2D eigenvalue weighted by Gasteiger charge is 2.46. The van der Waals surface area contributed by atoms with E-state index < -0.39 is 5.60 Å². The monoisotopic (exact) mass is 409 g/mol. The minimum Gasteiger partial charge on any atom is -0.361 e. The van der Waals surface area contributed by atoms with E-state index >= 15 is 0 Å². The van der Waals surface area contributed by atoms with E-state index in [1.807, 2.05) is 56.4 Å². The van der Waals surface area contributed by atoms with Crippen molar-refractivity contribution in [1.82, 2.24) is 14.8 Å². The fourth-order valence-electron chi connectivity index (χ4n) is 3.98. The molecule has 30 heavy (non-hydrogen) atoms. The Kier molecular flexibility index (Phi) is 6.87. The van der Waals surface area contributed by atoms with Crippen LogP contribution in [0.2, 0.25) is 0 Å². The van der Waals surface area contributed by atoms with Gasteiger partial charge in [0.2, 0.25) is 5.91 Å². The maximum absolute atomic E-state index is 13.3. The molecule has 2 heterocycles. The minimum absolute atomic E-state index is 0.0739. The average molecular weight is 410 g/mol. The lowest BCUT2D eigenvalue weighted by Gasteiger charge is -2.43. The SMILES string of the molecule is CC(C)CC(=O)N1CCO[C@@](Cc2ccccc2-c2cccnc2)(C(=O)N(C)C)C1. The molecule has 1 aromatic heterocycles. The predicted molar refractivity (Wildman–Crippen MR) is 117 cm³/mol. The van der Waals surface area contributed by atoms with Gasteiger partial charge in [-0.3, -0.25) is 14.6 Å². The molecule has 1 aliphatic heterocycles. The van der Waals surface area contributed by atoms with E-state index in [0.29, 0.717) is 26.0 Å². The van der Waals surface area contributed by atoms with Gasteiger partial charge in [-0.15, -0.1) is 0 Å². The zero-order chi connectivity index (χ0) is 21.7. The molecule has 2 amide bonds. The van der Waals surface area contributed by atoms with E-state index in [-0.39, 0.29) is 24.3 Å². The summed E-state index contributed by atoms with van der Waals surface area (Å²) in [5.41, 5.74) is 1.90. The van der Waals surface area contributed by atoms with Gasteiger partial charge in [0.05, 0.1) is 13.2 Å². The Morgan fingerprint density at radius 1 is 1.20 bits per heavy atom. The van der Waals surface area contributed by atoms with Crippen LogP contribution in [0.1, 0.15) is 25.8 Å². The standard InChI is InChI=1S/C24H31N3O3/c1-18(2)14-22(28)27-12-13-30-24(17-27,23(29)26(3)4)15-19-8-5-6-10-21(19)20-9-7-11-25-16-20/h5-11,16,18H,12-15,17H2,1-4H3/t24-/m1/s1. The number of pyridine rings is 1. The molecule has 0 unspecified atom stereocenters. The number of rotatable bonds is 6. The molecule has 3 rings (SSSR count). The van der Waals surface area contributed by atoms with Crippen LogP contribution in [0.3, 0.4) is 0 Å². The molecule has 1 atom stereocenters. The summed E-state index contributed by atoms with van der Waals surface area (Å²) in [5.74, 6) is 0.223. The molecule has 1 saturated heterocycles. The number of benzene rings is 1. The van der Waals surface area contributed by atoms with Crippen LogP contribution in [0.25, 0.3) is 11.1 Å². The lowest BCUT2D eigenvalue weighted by molar-refractivity contribution is -0.172. The van der Waals surface area contributed by atoms with Gasteiger partial charge in [0, 0.05) is 51.4 Å². The molecular formula is C24H31N3O3. The Labute approximate surface area is 178 Å². The van der Waals surface area contributed by atoms with E-state index in [4.69, 9.17) is 4.74 Å². The largest absolute Gasteiger partial charge is 0.361 e. The van der Waals surface area contributed by atoms with Crippen molar-refractivity contribution in [3.63, 3.8) is 0 Å². The molecule has 1 aromatic carbocycles. The Balaban J connectivity index is 1.96. The van der Waals surface area contributed by atoms with Gasteiger partial charge >= 0.3 is 0 Å². The van der Waals surface area contributed by atoms with E-state index in [2.05, 4.69) is 4.98 Å². The lowest BCUT2D eigenvalue weighted by Crippen LogP contribution is -2.61. The van der Waals surface area contributed by atoms with Gasteiger partial charge in [0.25, 0.3) is 5.91 Å². The molecule has 2 aromatic rings. The normalized spacial score (nSPS) is 19.0. The van der Waals surface area contributed by atoms with Crippen LogP contribution >= 0.6 is 0 Å². The third kappa shape index (κ3) is 4.87. The first-order chi connectivity index (χ1) is 14.3. The Morgan fingerprint density at radius 2 is 1.97 bits per heavy atom. The zero-order valence-electron chi connectivity index (χ0n) is 18.3. The number of hydrogen-bond donors (Lipinski definition) is 0. The molecular weight excluding hydrogens is 378 g/mol. The summed E-state index contributed by atoms with van der Waals surface area (Å²) in [5, 5.41) is 0. The van der Waals surface area contributed by atoms with Crippen LogP contribution in [0.4, 0.5) is 0 Å². The number of carbonyl (C=O) groups is 2. The summed E-state index contributed by atoms with van der Waals surface area (Å²) >= 11 is 0. The predicted octanol–water partition coefficient (Wildman–Crippen LogP) is 3.02. The number of likely N-dealkylation sites (N-methyl/N-ethyl adjacent to an activating group) is 1. The first-order valence-electron chi connectivity index (χ1n) is 10.4. The van der Waals surface area contributed by atoms with Crippen molar-refractivity contribution in [3.8, 4) is 11.1 Å². The Morgan fingerprint density at radius 3 is 2.63 bits per heavy atom. The molecule has 160 valence electrons. The van der Waals surface area contributed by atoms with E-state index in [1.165, 1.54) is 0 Å². The highest BCUT2D eigenvalue weighted by Crippen LogP contribution is 2.31. The molecule has 0 radical (unpaired) electrons. The van der Waals surface area contributed by atoms with Crippen LogP contribution in [-0.4, -0.2) is 66.0 Å². The van der Waals surface area contributed by atoms with Gasteiger partial charge in [0.1, 0.15) is 0 Å². The van der Waals surface area contributed by atoms with Gasteiger partial charge in [-0.2, -0.15) is 0 Å². The van der Waals surface area contributed by atoms with Crippen molar-refractivity contribution >= 4 is 11.8 Å². The molecule has 0 N–H and O–H groups in total. The van der Waals surface area contributed by atoms with Crippen LogP contribution in [-0.2, 0) is 20.7 Å². The molecule has 0 aliphatic carbocycles. The first-order valence-corrected chi connectivity index (χ1v) is 10.4. The maximum Gasteiger partial charge on any atom is 0.256 e. The van der Waals surface area contributed by atoms with Gasteiger partial charge in [-0.25, -0.2) is 0 Å². The third-order valence-electron chi connectivity index (χ3n) is 5.38. The van der Waals surface area contributed by atoms with Gasteiger partial charge in [-0.05, 0) is 23.1 Å². The molecule has 6 nitrogen and oxygen atoms in total. The van der Waals surface area contributed by atoms with Crippen molar-refractivity contribution in [2.75, 3.05) is 33.8 Å². The average Bonchev–Trinajstić information content (AvgIpc) is 2.74. The van der Waals surface area contributed by atoms with Crippen molar-refractivity contribution in [2.45, 2.75) is 32.3 Å². The number of nitrogens with zero attached hydrogens (tertiary/aromatic N) is 3. The lowest BCUT2D eigenvalue weighted by atomic mass is 9.87. The van der Waals surface area contributed by atoms with Gasteiger partial charge < -0.3 is 14.5 Å². The van der Waals surface area contributed by atoms with Crippen LogP contribution in [0.15, 0.2) is 48.8 Å². The second-order valence-electron chi connectivity index (χ2n) is 8.53. The highest BCUT2D eigenvalue weighted by atomic mass is 16.5. The van der Waals surface area contributed by atoms with Crippen LogP contribution in [0.5, 0.6) is 0 Å². The summed E-state index contributed by atoms with van der Waals surface area (Å²) in [4.78, 5) is 33.7. The molecule has 0 spiro atoms. The van der Waals surface area contributed by atoms with Crippen molar-refractivity contribution in [3.05, 3.63) is 54.4 Å². The fourth-order valence-corrected chi connectivity index (χ4v) is 3.98. The summed E-state index contributed by atoms with van der Waals surface area (Å²) in [6, 6.07) is 11.9. The number of aromatic nitrogens is 1. The molecule has 1 aliphatic rings. The summed E-state index contributed by atoms with van der Waals surface area (Å²) in [7, 11) is 3.46. The smallest absolute Gasteiger partial charge is 0.256 e. The maximum atomic E-state index is 13.3. The number of amides is 2. The van der Waals surface area contributed by atoms with Crippen LogP contribution in [0, 0.1) is 5.92 Å². The summed E-state index contributed by atoms with van der Waals surface area (Å²) in [6.45, 7) is 5.18. The van der Waals surface area contributed by atoms with Crippen LogP contribution < -0.4 is 0 Å². The van der Waals surface area contributed by atoms with Gasteiger partial charge in [-0.1, -0.05) is 44.2 Å². The van der Waals surface area contributed by atoms with Crippen molar-refractivity contribution in [2.24, 2.45) is 5.92 Å². The Bertz CT molecular complexity index is 882. The fraction of sp³-hybridized carbons (Fsp3) is 0.458. The number of ether oxygens (including phenoxy) is 1. The van der Waals surface area contributed by atoms with Crippen molar-refractivity contribution < 1.29 is 14.3 Å². The third-order valence-corrected chi connectivity index (χ3v) is 5.38. The van der Waals surface area contributed by atoms with E-state index in [1.54, 1.807) is 30.1 Å². The van der Waals surface area contributed by atoms with Crippen molar-refractivity contribution in [1.29, 1.82) is 0 Å². The highest BCUT2D eigenvalue weighted by molar-refractivity contribution is 5.87. The summed E-state index contributed by atoms with van der Waals surface area (Å²) in [6.07, 6.45) is 4.42. The topological polar surface area (TPSA) is 62.7 Å². The van der Waals surface area contributed by atoms with Gasteiger partial charge in [0.15, 0.2) is 5.60 Å². The minimum atomic E-state index is -1.10. The second-order valence-corrected chi connectivity index (χ2v) is 8.53. The first kappa shape index (κ1) is 22.0. The van der Waals surface area contributed by atoms with E-state index in [0.717, 1.165) is 16.7 Å².